The molecule has 0 unspecified atom stereocenters. The van der Waals surface area contributed by atoms with Crippen molar-refractivity contribution in [3.63, 3.8) is 0 Å². The number of nitrogens with one attached hydrogen (secondary N) is 1. The minimum Gasteiger partial charge on any atom is -0.481 e. The van der Waals surface area contributed by atoms with Crippen LogP contribution in [0.25, 0.3) is 0 Å². The summed E-state index contributed by atoms with van der Waals surface area (Å²) in [6.45, 7) is 3.01. The Hall–Kier alpha value is -1.85. The van der Waals surface area contributed by atoms with Crippen molar-refractivity contribution in [3.8, 4) is 0 Å². The largest absolute Gasteiger partial charge is 0.481 e. The van der Waals surface area contributed by atoms with E-state index in [1.54, 1.807) is 10.9 Å². The van der Waals surface area contributed by atoms with Gasteiger partial charge in [0, 0.05) is 19.3 Å². The lowest BCUT2D eigenvalue weighted by atomic mass is 9.74. The van der Waals surface area contributed by atoms with Crippen LogP contribution in [0, 0.1) is 5.41 Å². The second kappa shape index (κ2) is 6.74. The summed E-state index contributed by atoms with van der Waals surface area (Å²) in [5.41, 5.74) is -0.312. The Labute approximate surface area is 124 Å². The molecule has 1 amide bonds. The molecule has 0 aromatic carbocycles. The van der Waals surface area contributed by atoms with Crippen LogP contribution < -0.4 is 5.32 Å². The van der Waals surface area contributed by atoms with Crippen LogP contribution in [0.4, 0.5) is 0 Å². The highest BCUT2D eigenvalue weighted by Gasteiger charge is 2.39. The van der Waals surface area contributed by atoms with E-state index in [1.165, 1.54) is 6.20 Å². The molecule has 1 aromatic rings. The van der Waals surface area contributed by atoms with E-state index in [9.17, 15) is 14.7 Å². The number of rotatable bonds is 6. The lowest BCUT2D eigenvalue weighted by Gasteiger charge is -2.33. The molecule has 1 aliphatic carbocycles. The van der Waals surface area contributed by atoms with Crippen molar-refractivity contribution in [2.24, 2.45) is 5.41 Å². The van der Waals surface area contributed by atoms with E-state index in [4.69, 9.17) is 0 Å². The number of carbonyl (C=O) groups excluding carboxylic acids is 1. The maximum Gasteiger partial charge on any atom is 0.311 e. The summed E-state index contributed by atoms with van der Waals surface area (Å²) in [6.07, 6.45) is 8.35. The van der Waals surface area contributed by atoms with Crippen LogP contribution in [-0.2, 0) is 11.3 Å². The number of aliphatic carboxylic acids is 1. The van der Waals surface area contributed by atoms with E-state index < -0.39 is 11.4 Å². The normalized spacial score (nSPS) is 17.4. The van der Waals surface area contributed by atoms with Gasteiger partial charge < -0.3 is 10.4 Å². The molecule has 0 bridgehead atoms. The Morgan fingerprint density at radius 2 is 2.10 bits per heavy atom. The average molecular weight is 293 g/mol. The van der Waals surface area contributed by atoms with Crippen LogP contribution in [0.1, 0.15) is 55.8 Å². The van der Waals surface area contributed by atoms with Crippen LogP contribution in [0.2, 0.25) is 0 Å². The van der Waals surface area contributed by atoms with Gasteiger partial charge in [-0.05, 0) is 19.3 Å². The van der Waals surface area contributed by atoms with E-state index in [0.29, 0.717) is 18.4 Å². The quantitative estimate of drug-likeness (QED) is 0.840. The predicted molar refractivity (Wildman–Crippen MR) is 78.0 cm³/mol. The number of hydrogen-bond acceptors (Lipinski definition) is 3. The van der Waals surface area contributed by atoms with Gasteiger partial charge in [0.15, 0.2) is 0 Å². The molecule has 2 rings (SSSR count). The van der Waals surface area contributed by atoms with E-state index in [0.717, 1.165) is 32.2 Å². The van der Waals surface area contributed by atoms with Crippen molar-refractivity contribution in [2.75, 3.05) is 6.54 Å². The number of aryl methyl sites for hydroxylation is 1. The standard InChI is InChI=1S/C15H23N3O3/c1-2-8-18-10-12(9-17-18)13(19)16-11-15(14(20)21)6-4-3-5-7-15/h9-10H,2-8,11H2,1H3,(H,16,19)(H,20,21). The molecule has 1 aliphatic rings. The average Bonchev–Trinajstić information content (AvgIpc) is 2.95. The molecule has 1 fully saturated rings. The van der Waals surface area contributed by atoms with Gasteiger partial charge in [-0.2, -0.15) is 5.10 Å². The van der Waals surface area contributed by atoms with Gasteiger partial charge in [-0.1, -0.05) is 26.2 Å². The molecule has 6 heteroatoms. The second-order valence-corrected chi connectivity index (χ2v) is 5.82. The highest BCUT2D eigenvalue weighted by molar-refractivity contribution is 5.94. The molecular formula is C15H23N3O3. The highest BCUT2D eigenvalue weighted by atomic mass is 16.4. The van der Waals surface area contributed by atoms with Gasteiger partial charge in [0.05, 0.1) is 17.2 Å². The highest BCUT2D eigenvalue weighted by Crippen LogP contribution is 2.36. The fourth-order valence-electron chi connectivity index (χ4n) is 2.88. The molecule has 0 saturated heterocycles. The van der Waals surface area contributed by atoms with E-state index in [1.807, 2.05) is 6.92 Å². The van der Waals surface area contributed by atoms with E-state index >= 15 is 0 Å². The first-order chi connectivity index (χ1) is 10.1. The third-order valence-corrected chi connectivity index (χ3v) is 4.20. The van der Waals surface area contributed by atoms with Crippen molar-refractivity contribution < 1.29 is 14.7 Å². The number of nitrogens with zero attached hydrogens (tertiary/aromatic N) is 2. The van der Waals surface area contributed by atoms with Gasteiger partial charge in [0.1, 0.15) is 0 Å². The molecular weight excluding hydrogens is 270 g/mol. The first kappa shape index (κ1) is 15.5. The monoisotopic (exact) mass is 293 g/mol. The van der Waals surface area contributed by atoms with Crippen LogP contribution in [0.3, 0.4) is 0 Å². The Balaban J connectivity index is 1.96. The van der Waals surface area contributed by atoms with Gasteiger partial charge in [0.2, 0.25) is 0 Å². The summed E-state index contributed by atoms with van der Waals surface area (Å²) in [4.78, 5) is 23.7. The topological polar surface area (TPSA) is 84.2 Å². The minimum atomic E-state index is -0.802. The van der Waals surface area contributed by atoms with Gasteiger partial charge in [-0.15, -0.1) is 0 Å². The number of amides is 1. The molecule has 1 saturated carbocycles. The SMILES string of the molecule is CCCn1cc(C(=O)NCC2(C(=O)O)CCCCC2)cn1. The Morgan fingerprint density at radius 3 is 2.71 bits per heavy atom. The Bertz CT molecular complexity index is 504. The third kappa shape index (κ3) is 3.62. The molecule has 0 radical (unpaired) electrons. The summed E-state index contributed by atoms with van der Waals surface area (Å²) in [7, 11) is 0. The fourth-order valence-corrected chi connectivity index (χ4v) is 2.88. The van der Waals surface area contributed by atoms with Crippen LogP contribution in [0.15, 0.2) is 12.4 Å². The first-order valence-corrected chi connectivity index (χ1v) is 7.61. The Morgan fingerprint density at radius 1 is 1.38 bits per heavy atom. The summed E-state index contributed by atoms with van der Waals surface area (Å²) < 4.78 is 1.72. The summed E-state index contributed by atoms with van der Waals surface area (Å²) in [5, 5.41) is 16.4. The molecule has 21 heavy (non-hydrogen) atoms. The zero-order valence-corrected chi connectivity index (χ0v) is 12.5. The first-order valence-electron chi connectivity index (χ1n) is 7.61. The van der Waals surface area contributed by atoms with E-state index in [-0.39, 0.29) is 12.5 Å². The molecule has 0 atom stereocenters. The van der Waals surface area contributed by atoms with Gasteiger partial charge in [0.25, 0.3) is 5.91 Å². The maximum absolute atomic E-state index is 12.1. The zero-order valence-electron chi connectivity index (χ0n) is 12.5. The van der Waals surface area contributed by atoms with Crippen molar-refractivity contribution in [2.45, 2.75) is 52.0 Å². The maximum atomic E-state index is 12.1. The Kier molecular flexibility index (Phi) is 4.98. The van der Waals surface area contributed by atoms with Crippen molar-refractivity contribution in [3.05, 3.63) is 18.0 Å². The third-order valence-electron chi connectivity index (χ3n) is 4.20. The van der Waals surface area contributed by atoms with Gasteiger partial charge in [-0.25, -0.2) is 0 Å². The fraction of sp³-hybridized carbons (Fsp3) is 0.667. The smallest absolute Gasteiger partial charge is 0.311 e. The summed E-state index contributed by atoms with van der Waals surface area (Å²) >= 11 is 0. The van der Waals surface area contributed by atoms with Crippen LogP contribution in [0.5, 0.6) is 0 Å². The molecule has 116 valence electrons. The minimum absolute atomic E-state index is 0.195. The number of carboxylic acid groups (broad SMARTS) is 1. The second-order valence-electron chi connectivity index (χ2n) is 5.82. The van der Waals surface area contributed by atoms with Crippen molar-refractivity contribution in [1.29, 1.82) is 0 Å². The molecule has 1 heterocycles. The lowest BCUT2D eigenvalue weighted by molar-refractivity contribution is -0.150. The summed E-state index contributed by atoms with van der Waals surface area (Å²) in [5.74, 6) is -1.05. The molecule has 0 aliphatic heterocycles. The number of carbonyl (C=O) groups is 2. The number of carboxylic acids is 1. The van der Waals surface area contributed by atoms with Gasteiger partial charge >= 0.3 is 5.97 Å². The zero-order chi connectivity index (χ0) is 15.3. The van der Waals surface area contributed by atoms with Crippen LogP contribution in [-0.4, -0.2) is 33.3 Å². The molecule has 6 nitrogen and oxygen atoms in total. The number of hydrogen-bond donors (Lipinski definition) is 2. The molecule has 2 N–H and O–H groups in total. The molecule has 1 aromatic heterocycles. The van der Waals surface area contributed by atoms with Crippen molar-refractivity contribution >= 4 is 11.9 Å². The predicted octanol–water partition coefficient (Wildman–Crippen LogP) is 2.06. The van der Waals surface area contributed by atoms with Crippen molar-refractivity contribution in [1.82, 2.24) is 15.1 Å². The number of aromatic nitrogens is 2. The summed E-state index contributed by atoms with van der Waals surface area (Å²) in [6, 6.07) is 0. The van der Waals surface area contributed by atoms with Crippen LogP contribution >= 0.6 is 0 Å². The van der Waals surface area contributed by atoms with Gasteiger partial charge in [-0.3, -0.25) is 14.3 Å². The molecule has 0 spiro atoms. The van der Waals surface area contributed by atoms with E-state index in [2.05, 4.69) is 10.4 Å². The lowest BCUT2D eigenvalue weighted by Crippen LogP contribution is -2.44.